The van der Waals surface area contributed by atoms with E-state index >= 15 is 0 Å². The number of nitrogens with zero attached hydrogens (tertiary/aromatic N) is 3. The van der Waals surface area contributed by atoms with Crippen molar-refractivity contribution in [3.8, 4) is 5.75 Å². The first-order valence-electron chi connectivity index (χ1n) is 9.59. The second kappa shape index (κ2) is 8.25. The van der Waals surface area contributed by atoms with Gasteiger partial charge in [-0.05, 0) is 18.1 Å². The van der Waals surface area contributed by atoms with Gasteiger partial charge in [-0.3, -0.25) is 4.79 Å². The standard InChI is InChI=1S/C22H24N4O2/c1-28-19-10-6-5-9-17(19)14-22(27)23-18-11-12-20-24-25-21(26(20)15-18)13-16-7-3-2-4-8-16/h2-10,18H,11-15H2,1H3,(H,23,27)/t18-/m0/s1. The predicted molar refractivity (Wildman–Crippen MR) is 106 cm³/mol. The lowest BCUT2D eigenvalue weighted by Crippen LogP contribution is -2.42. The van der Waals surface area contributed by atoms with E-state index in [0.29, 0.717) is 13.0 Å². The Kier molecular flexibility index (Phi) is 5.37. The molecule has 28 heavy (non-hydrogen) atoms. The van der Waals surface area contributed by atoms with Crippen molar-refractivity contribution in [2.75, 3.05) is 7.11 Å². The lowest BCUT2D eigenvalue weighted by Gasteiger charge is -2.25. The summed E-state index contributed by atoms with van der Waals surface area (Å²) in [5.41, 5.74) is 2.10. The van der Waals surface area contributed by atoms with Crippen molar-refractivity contribution in [1.82, 2.24) is 20.1 Å². The minimum absolute atomic E-state index is 0.00985. The zero-order valence-corrected chi connectivity index (χ0v) is 16.0. The third kappa shape index (κ3) is 4.06. The molecule has 2 heterocycles. The van der Waals surface area contributed by atoms with Crippen LogP contribution in [0.2, 0.25) is 0 Å². The summed E-state index contributed by atoms with van der Waals surface area (Å²) < 4.78 is 7.50. The zero-order chi connectivity index (χ0) is 19.3. The first-order chi connectivity index (χ1) is 13.7. The van der Waals surface area contributed by atoms with Gasteiger partial charge in [0.15, 0.2) is 0 Å². The molecule has 0 saturated carbocycles. The van der Waals surface area contributed by atoms with Gasteiger partial charge in [-0.15, -0.1) is 10.2 Å². The molecular formula is C22H24N4O2. The Balaban J connectivity index is 1.41. The van der Waals surface area contributed by atoms with E-state index in [1.54, 1.807) is 7.11 Å². The van der Waals surface area contributed by atoms with Gasteiger partial charge < -0.3 is 14.6 Å². The van der Waals surface area contributed by atoms with E-state index in [1.807, 2.05) is 42.5 Å². The fraction of sp³-hybridized carbons (Fsp3) is 0.318. The normalized spacial score (nSPS) is 15.7. The SMILES string of the molecule is COc1ccccc1CC(=O)N[C@H]1CCc2nnc(Cc3ccccc3)n2C1. The van der Waals surface area contributed by atoms with Crippen molar-refractivity contribution in [2.24, 2.45) is 0 Å². The van der Waals surface area contributed by atoms with Crippen LogP contribution in [0.1, 0.15) is 29.2 Å². The maximum absolute atomic E-state index is 12.6. The average molecular weight is 376 g/mol. The summed E-state index contributed by atoms with van der Waals surface area (Å²) in [6.45, 7) is 0.710. The quantitative estimate of drug-likeness (QED) is 0.718. The van der Waals surface area contributed by atoms with Crippen molar-refractivity contribution in [2.45, 2.75) is 38.3 Å². The Morgan fingerprint density at radius 3 is 2.75 bits per heavy atom. The largest absolute Gasteiger partial charge is 0.496 e. The molecule has 0 bridgehead atoms. The average Bonchev–Trinajstić information content (AvgIpc) is 3.11. The van der Waals surface area contributed by atoms with Gasteiger partial charge in [-0.25, -0.2) is 0 Å². The van der Waals surface area contributed by atoms with E-state index in [0.717, 1.165) is 42.2 Å². The van der Waals surface area contributed by atoms with Gasteiger partial charge in [0.1, 0.15) is 17.4 Å². The number of nitrogens with one attached hydrogen (secondary N) is 1. The van der Waals surface area contributed by atoms with Crippen LogP contribution < -0.4 is 10.1 Å². The first-order valence-corrected chi connectivity index (χ1v) is 9.59. The lowest BCUT2D eigenvalue weighted by atomic mass is 10.1. The highest BCUT2D eigenvalue weighted by Gasteiger charge is 2.24. The summed E-state index contributed by atoms with van der Waals surface area (Å²) >= 11 is 0. The number of hydrogen-bond acceptors (Lipinski definition) is 4. The molecule has 0 unspecified atom stereocenters. The number of benzene rings is 2. The number of carbonyl (C=O) groups excluding carboxylic acids is 1. The molecule has 1 aromatic heterocycles. The zero-order valence-electron chi connectivity index (χ0n) is 16.0. The molecule has 0 fully saturated rings. The van der Waals surface area contributed by atoms with Crippen molar-refractivity contribution >= 4 is 5.91 Å². The second-order valence-electron chi connectivity index (χ2n) is 7.10. The molecule has 6 heteroatoms. The van der Waals surface area contributed by atoms with Crippen LogP contribution in [0, 0.1) is 0 Å². The van der Waals surface area contributed by atoms with E-state index in [4.69, 9.17) is 4.74 Å². The molecule has 4 rings (SSSR count). The predicted octanol–water partition coefficient (Wildman–Crippen LogP) is 2.55. The third-order valence-corrected chi connectivity index (χ3v) is 5.14. The van der Waals surface area contributed by atoms with Crippen molar-refractivity contribution in [1.29, 1.82) is 0 Å². The van der Waals surface area contributed by atoms with Gasteiger partial charge >= 0.3 is 0 Å². The molecule has 0 radical (unpaired) electrons. The van der Waals surface area contributed by atoms with E-state index in [2.05, 4.69) is 32.2 Å². The third-order valence-electron chi connectivity index (χ3n) is 5.14. The number of carbonyl (C=O) groups is 1. The van der Waals surface area contributed by atoms with Crippen LogP contribution in [0.4, 0.5) is 0 Å². The van der Waals surface area contributed by atoms with E-state index in [9.17, 15) is 4.79 Å². The fourth-order valence-electron chi connectivity index (χ4n) is 3.71. The maximum atomic E-state index is 12.6. The summed E-state index contributed by atoms with van der Waals surface area (Å²) in [6, 6.07) is 18.0. The van der Waals surface area contributed by atoms with E-state index in [1.165, 1.54) is 5.56 Å². The fourth-order valence-corrected chi connectivity index (χ4v) is 3.71. The summed E-state index contributed by atoms with van der Waals surface area (Å²) in [7, 11) is 1.62. The number of para-hydroxylation sites is 1. The molecule has 144 valence electrons. The molecule has 0 saturated heterocycles. The molecule has 1 N–H and O–H groups in total. The van der Waals surface area contributed by atoms with Crippen molar-refractivity contribution in [3.63, 3.8) is 0 Å². The van der Waals surface area contributed by atoms with E-state index in [-0.39, 0.29) is 11.9 Å². The number of fused-ring (bicyclic) bond motifs is 1. The molecule has 1 aliphatic rings. The summed E-state index contributed by atoms with van der Waals surface area (Å²) in [5, 5.41) is 11.9. The summed E-state index contributed by atoms with van der Waals surface area (Å²) in [5.74, 6) is 2.70. The van der Waals surface area contributed by atoms with Gasteiger partial charge in [0.05, 0.1) is 13.5 Å². The van der Waals surface area contributed by atoms with Crippen LogP contribution in [0.5, 0.6) is 5.75 Å². The second-order valence-corrected chi connectivity index (χ2v) is 7.10. The molecule has 0 spiro atoms. The number of rotatable bonds is 6. The molecular weight excluding hydrogens is 352 g/mol. The van der Waals surface area contributed by atoms with Crippen LogP contribution in [0.15, 0.2) is 54.6 Å². The lowest BCUT2D eigenvalue weighted by molar-refractivity contribution is -0.121. The molecule has 2 aromatic carbocycles. The Morgan fingerprint density at radius 1 is 1.14 bits per heavy atom. The molecule has 1 aliphatic heterocycles. The molecule has 3 aromatic rings. The van der Waals surface area contributed by atoms with Crippen LogP contribution in [-0.2, 0) is 30.6 Å². The van der Waals surface area contributed by atoms with Crippen LogP contribution in [-0.4, -0.2) is 33.8 Å². The number of ether oxygens (including phenoxy) is 1. The maximum Gasteiger partial charge on any atom is 0.224 e. The minimum Gasteiger partial charge on any atom is -0.496 e. The topological polar surface area (TPSA) is 69.0 Å². The van der Waals surface area contributed by atoms with Crippen molar-refractivity contribution < 1.29 is 9.53 Å². The van der Waals surface area contributed by atoms with Crippen molar-refractivity contribution in [3.05, 3.63) is 77.4 Å². The highest BCUT2D eigenvalue weighted by Crippen LogP contribution is 2.20. The number of hydrogen-bond donors (Lipinski definition) is 1. The first kappa shape index (κ1) is 18.2. The highest BCUT2D eigenvalue weighted by molar-refractivity contribution is 5.79. The van der Waals surface area contributed by atoms with E-state index < -0.39 is 0 Å². The van der Waals surface area contributed by atoms with Crippen LogP contribution in [0.3, 0.4) is 0 Å². The molecule has 0 aliphatic carbocycles. The Hall–Kier alpha value is -3.15. The Morgan fingerprint density at radius 2 is 1.93 bits per heavy atom. The smallest absolute Gasteiger partial charge is 0.224 e. The van der Waals surface area contributed by atoms with Gasteiger partial charge in [-0.1, -0.05) is 48.5 Å². The summed E-state index contributed by atoms with van der Waals surface area (Å²) in [6.07, 6.45) is 2.75. The Labute approximate surface area is 164 Å². The number of methoxy groups -OCH3 is 1. The van der Waals surface area contributed by atoms with Gasteiger partial charge in [-0.2, -0.15) is 0 Å². The van der Waals surface area contributed by atoms with Gasteiger partial charge in [0.2, 0.25) is 5.91 Å². The molecule has 6 nitrogen and oxygen atoms in total. The number of aromatic nitrogens is 3. The molecule has 1 amide bonds. The van der Waals surface area contributed by atoms with Gasteiger partial charge in [0, 0.05) is 31.0 Å². The Bertz CT molecular complexity index is 952. The molecule has 1 atom stereocenters. The monoisotopic (exact) mass is 376 g/mol. The number of aryl methyl sites for hydroxylation is 1. The number of amides is 1. The van der Waals surface area contributed by atoms with Crippen LogP contribution >= 0.6 is 0 Å². The van der Waals surface area contributed by atoms with Crippen LogP contribution in [0.25, 0.3) is 0 Å². The highest BCUT2D eigenvalue weighted by atomic mass is 16.5. The minimum atomic E-state index is 0.00985. The van der Waals surface area contributed by atoms with Gasteiger partial charge in [0.25, 0.3) is 0 Å². The summed E-state index contributed by atoms with van der Waals surface area (Å²) in [4.78, 5) is 12.6.